The molecule has 1 aromatic carbocycles. The molecule has 0 saturated heterocycles. The SMILES string of the molecule is COc1ccc2c(c1)/C(=C\C(=O)OC(C)(C)C)C(=O)N2. The molecule has 1 aliphatic rings. The van der Waals surface area contributed by atoms with Crippen LogP contribution in [-0.4, -0.2) is 24.6 Å². The number of carbonyl (C=O) groups is 2. The summed E-state index contributed by atoms with van der Waals surface area (Å²) in [5.41, 5.74) is 0.986. The smallest absolute Gasteiger partial charge is 0.332 e. The number of methoxy groups -OCH3 is 1. The second-order valence-corrected chi connectivity index (χ2v) is 5.46. The van der Waals surface area contributed by atoms with Crippen molar-refractivity contribution in [3.63, 3.8) is 0 Å². The molecule has 106 valence electrons. The van der Waals surface area contributed by atoms with Gasteiger partial charge < -0.3 is 14.8 Å². The number of amides is 1. The van der Waals surface area contributed by atoms with Crippen molar-refractivity contribution in [3.05, 3.63) is 29.8 Å². The lowest BCUT2D eigenvalue weighted by Gasteiger charge is -2.18. The number of carbonyl (C=O) groups excluding carboxylic acids is 2. The fourth-order valence-electron chi connectivity index (χ4n) is 1.89. The zero-order chi connectivity index (χ0) is 14.9. The summed E-state index contributed by atoms with van der Waals surface area (Å²) in [7, 11) is 1.54. The molecule has 0 atom stereocenters. The van der Waals surface area contributed by atoms with E-state index < -0.39 is 11.6 Å². The van der Waals surface area contributed by atoms with Gasteiger partial charge in [-0.05, 0) is 39.0 Å². The number of ether oxygens (including phenoxy) is 2. The second-order valence-electron chi connectivity index (χ2n) is 5.46. The first-order valence-corrected chi connectivity index (χ1v) is 6.24. The maximum atomic E-state index is 11.9. The molecule has 0 bridgehead atoms. The van der Waals surface area contributed by atoms with Crippen molar-refractivity contribution >= 4 is 23.1 Å². The standard InChI is InChI=1S/C15H17NO4/c1-15(2,3)20-13(17)8-11-10-7-9(19-4)5-6-12(10)16-14(11)18/h5-8H,1-4H3,(H,16,18)/b11-8+. The molecule has 5 heteroatoms. The quantitative estimate of drug-likeness (QED) is 0.665. The van der Waals surface area contributed by atoms with Crippen molar-refractivity contribution in [2.45, 2.75) is 26.4 Å². The topological polar surface area (TPSA) is 64.6 Å². The van der Waals surface area contributed by atoms with Crippen LogP contribution in [0.15, 0.2) is 24.3 Å². The Morgan fingerprint density at radius 3 is 2.60 bits per heavy atom. The van der Waals surface area contributed by atoms with Gasteiger partial charge in [0.1, 0.15) is 11.4 Å². The van der Waals surface area contributed by atoms with Gasteiger partial charge in [-0.25, -0.2) is 4.79 Å². The van der Waals surface area contributed by atoms with Gasteiger partial charge in [0.2, 0.25) is 0 Å². The summed E-state index contributed by atoms with van der Waals surface area (Å²) in [6, 6.07) is 5.20. The molecule has 0 aliphatic carbocycles. The highest BCUT2D eigenvalue weighted by molar-refractivity contribution is 6.33. The molecule has 0 radical (unpaired) electrons. The van der Waals surface area contributed by atoms with Crippen LogP contribution in [-0.2, 0) is 14.3 Å². The third-order valence-corrected chi connectivity index (χ3v) is 2.68. The van der Waals surface area contributed by atoms with Crippen molar-refractivity contribution in [3.8, 4) is 5.75 Å². The highest BCUT2D eigenvalue weighted by Gasteiger charge is 2.26. The summed E-state index contributed by atoms with van der Waals surface area (Å²) >= 11 is 0. The van der Waals surface area contributed by atoms with Gasteiger partial charge in [-0.15, -0.1) is 0 Å². The Balaban J connectivity index is 2.34. The monoisotopic (exact) mass is 275 g/mol. The predicted octanol–water partition coefficient (Wildman–Crippen LogP) is 2.37. The van der Waals surface area contributed by atoms with Crippen LogP contribution in [0.2, 0.25) is 0 Å². The maximum Gasteiger partial charge on any atom is 0.332 e. The van der Waals surface area contributed by atoms with Crippen LogP contribution in [0.4, 0.5) is 5.69 Å². The van der Waals surface area contributed by atoms with Crippen LogP contribution >= 0.6 is 0 Å². The minimum Gasteiger partial charge on any atom is -0.497 e. The Hall–Kier alpha value is -2.30. The first-order chi connectivity index (χ1) is 9.30. The van der Waals surface area contributed by atoms with Crippen molar-refractivity contribution in [2.75, 3.05) is 12.4 Å². The number of benzene rings is 1. The number of nitrogens with one attached hydrogen (secondary N) is 1. The number of fused-ring (bicyclic) bond motifs is 1. The van der Waals surface area contributed by atoms with Crippen LogP contribution in [0.1, 0.15) is 26.3 Å². The molecule has 2 rings (SSSR count). The molecular weight excluding hydrogens is 258 g/mol. The van der Waals surface area contributed by atoms with E-state index in [9.17, 15) is 9.59 Å². The average molecular weight is 275 g/mol. The number of anilines is 1. The zero-order valence-electron chi connectivity index (χ0n) is 11.9. The summed E-state index contributed by atoms with van der Waals surface area (Å²) in [5.74, 6) is -0.243. The van der Waals surface area contributed by atoms with Crippen LogP contribution < -0.4 is 10.1 Å². The van der Waals surface area contributed by atoms with E-state index in [1.165, 1.54) is 6.08 Å². The van der Waals surface area contributed by atoms with Crippen LogP contribution in [0, 0.1) is 0 Å². The Labute approximate surface area is 117 Å². The summed E-state index contributed by atoms with van der Waals surface area (Å²) in [5, 5.41) is 2.70. The van der Waals surface area contributed by atoms with E-state index in [2.05, 4.69) is 5.32 Å². The van der Waals surface area contributed by atoms with Gasteiger partial charge in [0.15, 0.2) is 0 Å². The van der Waals surface area contributed by atoms with E-state index in [4.69, 9.17) is 9.47 Å². The molecule has 0 spiro atoms. The molecule has 1 amide bonds. The molecule has 5 nitrogen and oxygen atoms in total. The van der Waals surface area contributed by atoms with Gasteiger partial charge in [-0.2, -0.15) is 0 Å². The van der Waals surface area contributed by atoms with Gasteiger partial charge in [0, 0.05) is 17.3 Å². The third-order valence-electron chi connectivity index (χ3n) is 2.68. The molecule has 1 N–H and O–H groups in total. The Bertz CT molecular complexity index is 596. The fourth-order valence-corrected chi connectivity index (χ4v) is 1.89. The largest absolute Gasteiger partial charge is 0.497 e. The Kier molecular flexibility index (Phi) is 3.53. The molecule has 1 aromatic rings. The van der Waals surface area contributed by atoms with E-state index in [1.54, 1.807) is 46.1 Å². The summed E-state index contributed by atoms with van der Waals surface area (Å²) in [4.78, 5) is 23.7. The lowest BCUT2D eigenvalue weighted by Crippen LogP contribution is -2.23. The minimum atomic E-state index is -0.597. The van der Waals surface area contributed by atoms with Gasteiger partial charge >= 0.3 is 5.97 Å². The van der Waals surface area contributed by atoms with Crippen LogP contribution in [0.3, 0.4) is 0 Å². The van der Waals surface area contributed by atoms with Crippen LogP contribution in [0.25, 0.3) is 5.57 Å². The number of esters is 1. The Morgan fingerprint density at radius 1 is 1.30 bits per heavy atom. The lowest BCUT2D eigenvalue weighted by molar-refractivity contribution is -0.148. The lowest BCUT2D eigenvalue weighted by atomic mass is 10.1. The van der Waals surface area contributed by atoms with E-state index >= 15 is 0 Å². The molecule has 0 fully saturated rings. The molecule has 0 unspecified atom stereocenters. The van der Waals surface area contributed by atoms with Crippen LogP contribution in [0.5, 0.6) is 5.75 Å². The van der Waals surface area contributed by atoms with Crippen molar-refractivity contribution in [2.24, 2.45) is 0 Å². The van der Waals surface area contributed by atoms with Gasteiger partial charge in [-0.1, -0.05) is 0 Å². The van der Waals surface area contributed by atoms with E-state index in [-0.39, 0.29) is 11.5 Å². The van der Waals surface area contributed by atoms with E-state index in [0.29, 0.717) is 17.0 Å². The van der Waals surface area contributed by atoms with Crippen molar-refractivity contribution in [1.29, 1.82) is 0 Å². The highest BCUT2D eigenvalue weighted by atomic mass is 16.6. The summed E-state index contributed by atoms with van der Waals surface area (Å²) in [6.07, 6.45) is 1.21. The second kappa shape index (κ2) is 5.00. The van der Waals surface area contributed by atoms with E-state index in [0.717, 1.165) is 0 Å². The summed E-state index contributed by atoms with van der Waals surface area (Å²) in [6.45, 7) is 5.32. The van der Waals surface area contributed by atoms with Gasteiger partial charge in [-0.3, -0.25) is 4.79 Å². The normalized spacial score (nSPS) is 15.8. The predicted molar refractivity (Wildman–Crippen MR) is 75.4 cm³/mol. The molecule has 1 aliphatic heterocycles. The first-order valence-electron chi connectivity index (χ1n) is 6.24. The number of rotatable bonds is 2. The first kappa shape index (κ1) is 14.1. The number of hydrogen-bond donors (Lipinski definition) is 1. The molecule has 1 heterocycles. The van der Waals surface area contributed by atoms with E-state index in [1.807, 2.05) is 0 Å². The van der Waals surface area contributed by atoms with Gasteiger partial charge in [0.25, 0.3) is 5.91 Å². The molecule has 0 aromatic heterocycles. The zero-order valence-corrected chi connectivity index (χ0v) is 11.9. The molecular formula is C15H17NO4. The highest BCUT2D eigenvalue weighted by Crippen LogP contribution is 2.34. The third kappa shape index (κ3) is 2.99. The van der Waals surface area contributed by atoms with Crippen molar-refractivity contribution in [1.82, 2.24) is 0 Å². The molecule has 0 saturated carbocycles. The maximum absolute atomic E-state index is 11.9. The fraction of sp³-hybridized carbons (Fsp3) is 0.333. The minimum absolute atomic E-state index is 0.285. The number of hydrogen-bond acceptors (Lipinski definition) is 4. The van der Waals surface area contributed by atoms with Crippen molar-refractivity contribution < 1.29 is 19.1 Å². The summed E-state index contributed by atoms with van der Waals surface area (Å²) < 4.78 is 10.3. The Morgan fingerprint density at radius 2 is 2.00 bits per heavy atom. The average Bonchev–Trinajstić information content (AvgIpc) is 2.63. The molecule has 20 heavy (non-hydrogen) atoms. The van der Waals surface area contributed by atoms with Gasteiger partial charge in [0.05, 0.1) is 12.7 Å².